The first-order chi connectivity index (χ1) is 21.0. The molecule has 0 aromatic heterocycles. The summed E-state index contributed by atoms with van der Waals surface area (Å²) in [5.41, 5.74) is 0.510. The molecule has 232 valence electrons. The third-order valence-electron chi connectivity index (χ3n) is 10.3. The fraction of sp³-hybridized carbons (Fsp3) is 0.500. The lowest BCUT2D eigenvalue weighted by atomic mass is 9.48. The summed E-state index contributed by atoms with van der Waals surface area (Å²) in [6, 6.07) is 10.1. The van der Waals surface area contributed by atoms with E-state index in [1.54, 1.807) is 42.5 Å². The van der Waals surface area contributed by atoms with Gasteiger partial charge in [0.2, 0.25) is 17.7 Å². The number of carboxylic acid groups (broad SMARTS) is 1. The Labute approximate surface area is 255 Å². The van der Waals surface area contributed by atoms with E-state index in [0.717, 1.165) is 19.3 Å². The molecular weight excluding hydrogens is 565 g/mol. The Morgan fingerprint density at radius 3 is 2.18 bits per heavy atom. The Bertz CT molecular complexity index is 1470. The summed E-state index contributed by atoms with van der Waals surface area (Å²) in [7, 11) is 0. The van der Waals surface area contributed by atoms with Gasteiger partial charge in [0.15, 0.2) is 5.78 Å². The molecule has 2 aromatic carbocycles. The summed E-state index contributed by atoms with van der Waals surface area (Å²) >= 11 is 0. The van der Waals surface area contributed by atoms with E-state index in [1.807, 2.05) is 0 Å². The van der Waals surface area contributed by atoms with E-state index in [2.05, 4.69) is 5.32 Å². The minimum atomic E-state index is -1.40. The van der Waals surface area contributed by atoms with Crippen LogP contribution in [0.25, 0.3) is 0 Å². The first-order valence-corrected chi connectivity index (χ1v) is 15.5. The number of hydrogen-bond acceptors (Lipinski definition) is 5. The van der Waals surface area contributed by atoms with Gasteiger partial charge in [0.1, 0.15) is 24.4 Å². The first kappa shape index (κ1) is 30.0. The monoisotopic (exact) mass is 603 g/mol. The highest BCUT2D eigenvalue weighted by atomic mass is 19.1. The zero-order valence-electron chi connectivity index (χ0n) is 24.8. The van der Waals surface area contributed by atoms with Gasteiger partial charge in [0, 0.05) is 24.5 Å². The molecule has 4 saturated carbocycles. The van der Waals surface area contributed by atoms with Crippen LogP contribution in [0.4, 0.5) is 10.1 Å². The lowest BCUT2D eigenvalue weighted by Gasteiger charge is -2.58. The van der Waals surface area contributed by atoms with E-state index in [9.17, 15) is 29.1 Å². The number of hydrogen-bond donors (Lipinski definition) is 2. The van der Waals surface area contributed by atoms with Crippen LogP contribution >= 0.6 is 0 Å². The molecule has 3 amide bonds. The van der Waals surface area contributed by atoms with E-state index in [-0.39, 0.29) is 28.8 Å². The van der Waals surface area contributed by atoms with Crippen LogP contribution in [0.3, 0.4) is 0 Å². The summed E-state index contributed by atoms with van der Waals surface area (Å²) in [5.74, 6) is -2.44. The predicted molar refractivity (Wildman–Crippen MR) is 159 cm³/mol. The Balaban J connectivity index is 1.49. The Hall–Kier alpha value is -4.08. The number of para-hydroxylation sites is 1. The van der Waals surface area contributed by atoms with E-state index in [4.69, 9.17) is 0 Å². The topological polar surface area (TPSA) is 124 Å². The lowest BCUT2D eigenvalue weighted by Crippen LogP contribution is -2.60. The molecule has 1 heterocycles. The lowest BCUT2D eigenvalue weighted by molar-refractivity contribution is -0.150. The Morgan fingerprint density at radius 2 is 1.57 bits per heavy atom. The number of amides is 3. The molecule has 2 atom stereocenters. The standard InChI is InChI=1S/C34H38FN3O6/c1-20(39)38-28(32(43)36-18-31(41)42)13-30(40)25-7-3-5-9-27(25)37(19-24-6-2-4-8-26(24)35)33(44)29(38)17-34-14-21-10-22(15-34)12-23(11-21)16-34/h2-9,21-23,28-29H,10-19H2,1H3,(H,36,43)(H,41,42)/t21?,22?,23?,28-,29+,34?/m0/s1. The number of fused-ring (bicyclic) bond motifs is 1. The first-order valence-electron chi connectivity index (χ1n) is 15.5. The molecule has 44 heavy (non-hydrogen) atoms. The van der Waals surface area contributed by atoms with Crippen LogP contribution in [-0.4, -0.2) is 58.1 Å². The van der Waals surface area contributed by atoms with E-state index in [1.165, 1.54) is 42.1 Å². The van der Waals surface area contributed by atoms with Gasteiger partial charge in [-0.15, -0.1) is 0 Å². The molecular formula is C34H38FN3O6. The van der Waals surface area contributed by atoms with Crippen molar-refractivity contribution in [2.45, 2.75) is 76.9 Å². The van der Waals surface area contributed by atoms with Gasteiger partial charge < -0.3 is 20.2 Å². The molecule has 0 radical (unpaired) electrons. The Morgan fingerprint density at radius 1 is 0.955 bits per heavy atom. The highest BCUT2D eigenvalue weighted by molar-refractivity contribution is 6.10. The number of carbonyl (C=O) groups is 5. The zero-order chi connectivity index (χ0) is 31.2. The van der Waals surface area contributed by atoms with Crippen LogP contribution < -0.4 is 10.2 Å². The molecule has 0 saturated heterocycles. The van der Waals surface area contributed by atoms with E-state index < -0.39 is 60.3 Å². The van der Waals surface area contributed by atoms with Crippen molar-refractivity contribution < 1.29 is 33.5 Å². The van der Waals surface area contributed by atoms with Crippen molar-refractivity contribution >= 4 is 35.2 Å². The SMILES string of the molecule is CC(=O)N1[C@H](CC23CC4CC(CC(C4)C2)C3)C(=O)N(Cc2ccccc2F)c2ccccc2C(=O)C[C@H]1C(=O)NCC(=O)O. The van der Waals surface area contributed by atoms with Gasteiger partial charge in [-0.3, -0.25) is 24.0 Å². The highest BCUT2D eigenvalue weighted by Crippen LogP contribution is 2.62. The summed E-state index contributed by atoms with van der Waals surface area (Å²) in [6.07, 6.45) is 6.23. The molecule has 4 bridgehead atoms. The maximum absolute atomic E-state index is 15.0. The number of nitrogens with one attached hydrogen (secondary N) is 1. The van der Waals surface area contributed by atoms with Gasteiger partial charge >= 0.3 is 5.97 Å². The molecule has 7 rings (SSSR count). The third-order valence-corrected chi connectivity index (χ3v) is 10.3. The second-order valence-electron chi connectivity index (χ2n) is 13.4. The number of aliphatic carboxylic acids is 1. The summed E-state index contributed by atoms with van der Waals surface area (Å²) in [6.45, 7) is 0.405. The maximum Gasteiger partial charge on any atom is 0.322 e. The largest absolute Gasteiger partial charge is 0.480 e. The summed E-state index contributed by atoms with van der Waals surface area (Å²) < 4.78 is 15.0. The smallest absolute Gasteiger partial charge is 0.322 e. The van der Waals surface area contributed by atoms with Crippen LogP contribution in [0.1, 0.15) is 74.2 Å². The molecule has 5 aliphatic rings. The van der Waals surface area contributed by atoms with Crippen LogP contribution in [0.2, 0.25) is 0 Å². The molecule has 4 aliphatic carbocycles. The molecule has 1 aliphatic heterocycles. The number of Topliss-reactive ketones (excluding diaryl/α,β-unsaturated/α-hetero) is 1. The molecule has 0 spiro atoms. The maximum atomic E-state index is 15.0. The third kappa shape index (κ3) is 5.74. The fourth-order valence-corrected chi connectivity index (χ4v) is 9.00. The quantitative estimate of drug-likeness (QED) is 0.486. The minimum Gasteiger partial charge on any atom is -0.480 e. The second-order valence-corrected chi connectivity index (χ2v) is 13.4. The Kier molecular flexibility index (Phi) is 8.02. The molecule has 2 N–H and O–H groups in total. The van der Waals surface area contributed by atoms with E-state index in [0.29, 0.717) is 24.2 Å². The van der Waals surface area contributed by atoms with Gasteiger partial charge in [-0.05, 0) is 86.3 Å². The van der Waals surface area contributed by atoms with Gasteiger partial charge in [0.25, 0.3) is 0 Å². The van der Waals surface area contributed by atoms with Gasteiger partial charge in [-0.25, -0.2) is 4.39 Å². The van der Waals surface area contributed by atoms with Crippen molar-refractivity contribution in [1.82, 2.24) is 10.2 Å². The minimum absolute atomic E-state index is 0.172. The number of benzene rings is 2. The zero-order valence-corrected chi connectivity index (χ0v) is 24.8. The van der Waals surface area contributed by atoms with Crippen LogP contribution in [0, 0.1) is 29.0 Å². The molecule has 10 heteroatoms. The van der Waals surface area contributed by atoms with Crippen molar-refractivity contribution in [3.8, 4) is 0 Å². The number of carboxylic acids is 1. The van der Waals surface area contributed by atoms with Gasteiger partial charge in [-0.1, -0.05) is 30.3 Å². The number of nitrogens with zero attached hydrogens (tertiary/aromatic N) is 2. The average Bonchev–Trinajstić information content (AvgIpc) is 3.00. The number of anilines is 1. The number of halogens is 1. The van der Waals surface area contributed by atoms with Crippen molar-refractivity contribution in [2.24, 2.45) is 23.2 Å². The normalized spacial score (nSPS) is 29.5. The van der Waals surface area contributed by atoms with Crippen molar-refractivity contribution in [1.29, 1.82) is 0 Å². The van der Waals surface area contributed by atoms with Crippen molar-refractivity contribution in [3.63, 3.8) is 0 Å². The second kappa shape index (κ2) is 11.8. The molecule has 4 fully saturated rings. The number of ketones is 1. The summed E-state index contributed by atoms with van der Waals surface area (Å²) in [4.78, 5) is 69.9. The van der Waals surface area contributed by atoms with Crippen LogP contribution in [-0.2, 0) is 25.7 Å². The van der Waals surface area contributed by atoms with Gasteiger partial charge in [0.05, 0.1) is 12.2 Å². The molecule has 2 aromatic rings. The van der Waals surface area contributed by atoms with Crippen molar-refractivity contribution in [3.05, 3.63) is 65.5 Å². The molecule has 9 nitrogen and oxygen atoms in total. The van der Waals surface area contributed by atoms with Gasteiger partial charge in [-0.2, -0.15) is 0 Å². The average molecular weight is 604 g/mol. The fourth-order valence-electron chi connectivity index (χ4n) is 9.00. The highest BCUT2D eigenvalue weighted by Gasteiger charge is 2.54. The number of carbonyl (C=O) groups excluding carboxylic acids is 4. The van der Waals surface area contributed by atoms with Crippen LogP contribution in [0.5, 0.6) is 0 Å². The van der Waals surface area contributed by atoms with Crippen molar-refractivity contribution in [2.75, 3.05) is 11.4 Å². The number of rotatable bonds is 7. The predicted octanol–water partition coefficient (Wildman–Crippen LogP) is 4.34. The summed E-state index contributed by atoms with van der Waals surface area (Å²) in [5, 5.41) is 11.6. The van der Waals surface area contributed by atoms with E-state index >= 15 is 4.39 Å². The van der Waals surface area contributed by atoms with Crippen LogP contribution in [0.15, 0.2) is 48.5 Å². The molecule has 0 unspecified atom stereocenters.